The summed E-state index contributed by atoms with van der Waals surface area (Å²) in [6.45, 7) is 5.04. The van der Waals surface area contributed by atoms with Crippen LogP contribution in [0.15, 0.2) is 65.7 Å². The maximum Gasteiger partial charge on any atom is 0.125 e. The zero-order valence-corrected chi connectivity index (χ0v) is 14.3. The van der Waals surface area contributed by atoms with Crippen LogP contribution >= 0.6 is 15.9 Å². The van der Waals surface area contributed by atoms with Gasteiger partial charge in [0.05, 0.1) is 6.07 Å². The maximum absolute atomic E-state index is 9.74. The van der Waals surface area contributed by atoms with E-state index < -0.39 is 6.04 Å². The fourth-order valence-electron chi connectivity index (χ4n) is 2.49. The van der Waals surface area contributed by atoms with Crippen molar-refractivity contribution >= 4 is 15.9 Å². The summed E-state index contributed by atoms with van der Waals surface area (Å²) >= 11 is 3.56. The van der Waals surface area contributed by atoms with Crippen molar-refractivity contribution in [3.05, 3.63) is 82.3 Å². The zero-order chi connectivity index (χ0) is 16.7. The summed E-state index contributed by atoms with van der Waals surface area (Å²) in [7, 11) is 0. The highest BCUT2D eigenvalue weighted by Crippen LogP contribution is 2.27. The molecule has 3 heteroatoms. The van der Waals surface area contributed by atoms with Gasteiger partial charge in [-0.2, -0.15) is 5.26 Å². The Labute approximate surface area is 146 Å². The fraction of sp³-hybridized carbons (Fsp3) is 0.150. The highest BCUT2D eigenvalue weighted by Gasteiger charge is 2.22. The Balaban J connectivity index is 2.38. The van der Waals surface area contributed by atoms with Crippen molar-refractivity contribution in [3.63, 3.8) is 0 Å². The Hall–Kier alpha value is -2.33. The quantitative estimate of drug-likeness (QED) is 0.549. The molecule has 0 N–H and O–H groups in total. The first-order chi connectivity index (χ1) is 11.2. The van der Waals surface area contributed by atoms with Crippen LogP contribution in [0, 0.1) is 23.7 Å². The number of benzene rings is 2. The number of halogens is 1. The van der Waals surface area contributed by atoms with E-state index in [-0.39, 0.29) is 0 Å². The van der Waals surface area contributed by atoms with Crippen molar-refractivity contribution in [1.29, 1.82) is 5.26 Å². The molecule has 0 amide bonds. The molecule has 2 aromatic carbocycles. The van der Waals surface area contributed by atoms with Crippen LogP contribution < -0.4 is 0 Å². The smallest absolute Gasteiger partial charge is 0.125 e. The van der Waals surface area contributed by atoms with E-state index in [1.54, 1.807) is 6.08 Å². The van der Waals surface area contributed by atoms with E-state index in [1.165, 1.54) is 0 Å². The average Bonchev–Trinajstić information content (AvgIpc) is 2.58. The van der Waals surface area contributed by atoms with E-state index in [4.69, 9.17) is 6.42 Å². The van der Waals surface area contributed by atoms with Crippen LogP contribution in [0.1, 0.15) is 22.7 Å². The SMILES string of the molecule is C#Cc1ccccc1C(C#N)N(CC=C)Cc1ccccc1Br. The molecule has 2 rings (SSSR count). The highest BCUT2D eigenvalue weighted by molar-refractivity contribution is 9.10. The number of rotatable bonds is 6. The molecule has 114 valence electrons. The lowest BCUT2D eigenvalue weighted by molar-refractivity contribution is 0.252. The topological polar surface area (TPSA) is 27.0 Å². The van der Waals surface area contributed by atoms with Crippen LogP contribution in [0.4, 0.5) is 0 Å². The molecule has 0 aliphatic carbocycles. The van der Waals surface area contributed by atoms with Crippen molar-refractivity contribution in [3.8, 4) is 18.4 Å². The van der Waals surface area contributed by atoms with Crippen molar-refractivity contribution < 1.29 is 0 Å². The third-order valence-electron chi connectivity index (χ3n) is 3.59. The van der Waals surface area contributed by atoms with Crippen LogP contribution in [0.5, 0.6) is 0 Å². The summed E-state index contributed by atoms with van der Waals surface area (Å²) in [4.78, 5) is 2.06. The van der Waals surface area contributed by atoms with Crippen molar-refractivity contribution in [2.24, 2.45) is 0 Å². The third kappa shape index (κ3) is 4.11. The van der Waals surface area contributed by atoms with E-state index in [1.807, 2.05) is 48.5 Å². The van der Waals surface area contributed by atoms with E-state index in [0.29, 0.717) is 13.1 Å². The summed E-state index contributed by atoms with van der Waals surface area (Å²) < 4.78 is 1.02. The van der Waals surface area contributed by atoms with Gasteiger partial charge in [0.25, 0.3) is 0 Å². The number of nitriles is 1. The van der Waals surface area contributed by atoms with Crippen LogP contribution in [-0.2, 0) is 6.54 Å². The zero-order valence-electron chi connectivity index (χ0n) is 12.7. The second kappa shape index (κ2) is 8.34. The lowest BCUT2D eigenvalue weighted by Crippen LogP contribution is -2.28. The van der Waals surface area contributed by atoms with E-state index in [2.05, 4.69) is 39.4 Å². The van der Waals surface area contributed by atoms with E-state index in [9.17, 15) is 5.26 Å². The van der Waals surface area contributed by atoms with Gasteiger partial charge in [0.2, 0.25) is 0 Å². The third-order valence-corrected chi connectivity index (χ3v) is 4.37. The standard InChI is InChI=1S/C20H17BrN2/c1-3-13-23(15-17-10-6-8-12-19(17)21)20(14-22)18-11-7-5-9-16(18)4-2/h2-3,5-12,20H,1,13,15H2. The summed E-state index contributed by atoms with van der Waals surface area (Å²) in [6.07, 6.45) is 7.39. The van der Waals surface area contributed by atoms with Gasteiger partial charge in [-0.15, -0.1) is 13.0 Å². The fourth-order valence-corrected chi connectivity index (χ4v) is 2.90. The molecule has 23 heavy (non-hydrogen) atoms. The largest absolute Gasteiger partial charge is 0.276 e. The number of nitrogens with zero attached hydrogens (tertiary/aromatic N) is 2. The number of hydrogen-bond acceptors (Lipinski definition) is 2. The molecular formula is C20H17BrN2. The van der Waals surface area contributed by atoms with Gasteiger partial charge < -0.3 is 0 Å². The molecule has 0 aromatic heterocycles. The molecule has 0 saturated heterocycles. The highest BCUT2D eigenvalue weighted by atomic mass is 79.9. The molecule has 0 heterocycles. The summed E-state index contributed by atoms with van der Waals surface area (Å²) in [5.41, 5.74) is 2.72. The minimum absolute atomic E-state index is 0.424. The van der Waals surface area contributed by atoms with Crippen LogP contribution in [0.25, 0.3) is 0 Å². The number of terminal acetylenes is 1. The molecular weight excluding hydrogens is 348 g/mol. The van der Waals surface area contributed by atoms with Crippen LogP contribution in [0.3, 0.4) is 0 Å². The normalized spacial score (nSPS) is 11.5. The minimum Gasteiger partial charge on any atom is -0.276 e. The van der Waals surface area contributed by atoms with Gasteiger partial charge in [-0.1, -0.05) is 64.3 Å². The Morgan fingerprint density at radius 1 is 1.22 bits per heavy atom. The summed E-state index contributed by atoms with van der Waals surface area (Å²) in [5.74, 6) is 2.67. The van der Waals surface area contributed by atoms with E-state index >= 15 is 0 Å². The molecule has 0 radical (unpaired) electrons. The first-order valence-electron chi connectivity index (χ1n) is 7.24. The minimum atomic E-state index is -0.424. The Morgan fingerprint density at radius 3 is 2.57 bits per heavy atom. The Kier molecular flexibility index (Phi) is 6.18. The van der Waals surface area contributed by atoms with Crippen molar-refractivity contribution in [1.82, 2.24) is 4.90 Å². The van der Waals surface area contributed by atoms with Gasteiger partial charge >= 0.3 is 0 Å². The molecule has 0 spiro atoms. The molecule has 0 aliphatic rings. The number of hydrogen-bond donors (Lipinski definition) is 0. The monoisotopic (exact) mass is 364 g/mol. The predicted octanol–water partition coefficient (Wildman–Crippen LogP) is 4.68. The van der Waals surface area contributed by atoms with Crippen LogP contribution in [-0.4, -0.2) is 11.4 Å². The maximum atomic E-state index is 9.74. The molecule has 2 nitrogen and oxygen atoms in total. The predicted molar refractivity (Wildman–Crippen MR) is 97.5 cm³/mol. The second-order valence-electron chi connectivity index (χ2n) is 5.07. The molecule has 0 bridgehead atoms. The van der Waals surface area contributed by atoms with Crippen LogP contribution in [0.2, 0.25) is 0 Å². The molecule has 1 atom stereocenters. The van der Waals surface area contributed by atoms with Crippen molar-refractivity contribution in [2.75, 3.05) is 6.54 Å². The second-order valence-corrected chi connectivity index (χ2v) is 5.93. The first kappa shape index (κ1) is 17.0. The average molecular weight is 365 g/mol. The van der Waals surface area contributed by atoms with Gasteiger partial charge in [0, 0.05) is 23.1 Å². The Morgan fingerprint density at radius 2 is 1.91 bits per heavy atom. The Bertz CT molecular complexity index is 768. The van der Waals surface area contributed by atoms with Gasteiger partial charge in [0.15, 0.2) is 0 Å². The molecule has 2 aromatic rings. The lowest BCUT2D eigenvalue weighted by Gasteiger charge is -2.27. The summed E-state index contributed by atoms with van der Waals surface area (Å²) in [5, 5.41) is 9.74. The van der Waals surface area contributed by atoms with Gasteiger partial charge in [-0.25, -0.2) is 0 Å². The van der Waals surface area contributed by atoms with Gasteiger partial charge in [-0.05, 0) is 23.3 Å². The molecule has 0 fully saturated rings. The van der Waals surface area contributed by atoms with Crippen molar-refractivity contribution in [2.45, 2.75) is 12.6 Å². The summed E-state index contributed by atoms with van der Waals surface area (Å²) in [6, 6.07) is 17.5. The van der Waals surface area contributed by atoms with Gasteiger partial charge in [-0.3, -0.25) is 4.90 Å². The molecule has 0 saturated carbocycles. The molecule has 0 aliphatic heterocycles. The molecule has 1 unspecified atom stereocenters. The van der Waals surface area contributed by atoms with Gasteiger partial charge in [0.1, 0.15) is 6.04 Å². The van der Waals surface area contributed by atoms with E-state index in [0.717, 1.165) is 21.2 Å². The first-order valence-corrected chi connectivity index (χ1v) is 8.04. The lowest BCUT2D eigenvalue weighted by atomic mass is 9.99.